The van der Waals surface area contributed by atoms with Gasteiger partial charge in [-0.2, -0.15) is 0 Å². The number of ether oxygens (including phenoxy) is 1. The Labute approximate surface area is 56.7 Å². The van der Waals surface area contributed by atoms with Crippen LogP contribution < -0.4 is 0 Å². The van der Waals surface area contributed by atoms with E-state index in [2.05, 4.69) is 26.0 Å². The molecule has 0 aromatic carbocycles. The molecule has 1 nitrogen and oxygen atoms in total. The summed E-state index contributed by atoms with van der Waals surface area (Å²) in [5.41, 5.74) is 0. The lowest BCUT2D eigenvalue weighted by Gasteiger charge is -2.13. The van der Waals surface area contributed by atoms with Crippen LogP contribution in [0.25, 0.3) is 0 Å². The van der Waals surface area contributed by atoms with Gasteiger partial charge in [0.25, 0.3) is 0 Å². The van der Waals surface area contributed by atoms with Gasteiger partial charge >= 0.3 is 0 Å². The van der Waals surface area contributed by atoms with E-state index in [1.807, 2.05) is 0 Å². The molecule has 52 valence electrons. The van der Waals surface area contributed by atoms with Crippen LogP contribution in [0.4, 0.5) is 0 Å². The summed E-state index contributed by atoms with van der Waals surface area (Å²) in [6.45, 7) is 4.16. The lowest BCUT2D eigenvalue weighted by atomic mass is 10.3. The van der Waals surface area contributed by atoms with Crippen LogP contribution >= 0.6 is 0 Å². The van der Waals surface area contributed by atoms with Gasteiger partial charge in [0.1, 0.15) is 0 Å². The molecule has 0 unspecified atom stereocenters. The summed E-state index contributed by atoms with van der Waals surface area (Å²) in [6.07, 6.45) is 7.45. The zero-order chi connectivity index (χ0) is 6.69. The van der Waals surface area contributed by atoms with Gasteiger partial charge in [0.2, 0.25) is 0 Å². The molecule has 0 aliphatic heterocycles. The Hall–Kier alpha value is -0.300. The predicted molar refractivity (Wildman–Crippen MR) is 38.4 cm³/mol. The first-order valence-electron chi connectivity index (χ1n) is 3.59. The zero-order valence-electron chi connectivity index (χ0n) is 6.13. The molecule has 0 radical (unpaired) electrons. The van der Waals surface area contributed by atoms with Gasteiger partial charge < -0.3 is 4.74 Å². The van der Waals surface area contributed by atoms with E-state index in [4.69, 9.17) is 4.74 Å². The molecule has 9 heavy (non-hydrogen) atoms. The van der Waals surface area contributed by atoms with Gasteiger partial charge in [-0.05, 0) is 26.7 Å². The Bertz CT molecular complexity index is 97.1. The molecule has 0 saturated carbocycles. The maximum Gasteiger partial charge on any atom is 0.0647 e. The second-order valence-electron chi connectivity index (χ2n) is 2.75. The Morgan fingerprint density at radius 3 is 2.33 bits per heavy atom. The highest BCUT2D eigenvalue weighted by Gasteiger charge is 2.10. The summed E-state index contributed by atoms with van der Waals surface area (Å²) >= 11 is 0. The smallest absolute Gasteiger partial charge is 0.0647 e. The fraction of sp³-hybridized carbons (Fsp3) is 0.750. The van der Waals surface area contributed by atoms with Crippen molar-refractivity contribution >= 4 is 0 Å². The summed E-state index contributed by atoms with van der Waals surface area (Å²) in [6, 6.07) is 0. The first-order chi connectivity index (χ1) is 4.29. The predicted octanol–water partition coefficient (Wildman–Crippen LogP) is 2.13. The Kier molecular flexibility index (Phi) is 2.29. The van der Waals surface area contributed by atoms with Crippen molar-refractivity contribution in [1.82, 2.24) is 0 Å². The lowest BCUT2D eigenvalue weighted by molar-refractivity contribution is 0.0159. The van der Waals surface area contributed by atoms with Gasteiger partial charge in [0, 0.05) is 0 Å². The average molecular weight is 126 g/mol. The molecular formula is C8H14O. The van der Waals surface area contributed by atoms with Crippen molar-refractivity contribution < 1.29 is 4.74 Å². The quantitative estimate of drug-likeness (QED) is 0.515. The minimum absolute atomic E-state index is 0.384. The molecule has 1 aliphatic rings. The lowest BCUT2D eigenvalue weighted by Crippen LogP contribution is -2.13. The van der Waals surface area contributed by atoms with Gasteiger partial charge in [-0.25, -0.2) is 0 Å². The van der Waals surface area contributed by atoms with Crippen molar-refractivity contribution in [3.63, 3.8) is 0 Å². The maximum atomic E-state index is 5.55. The molecule has 1 aliphatic carbocycles. The molecule has 0 N–H and O–H groups in total. The van der Waals surface area contributed by atoms with Crippen molar-refractivity contribution in [1.29, 1.82) is 0 Å². The fourth-order valence-electron chi connectivity index (χ4n) is 1.09. The molecule has 0 spiro atoms. The van der Waals surface area contributed by atoms with Crippen LogP contribution in [-0.2, 0) is 4.74 Å². The van der Waals surface area contributed by atoms with Crippen LogP contribution in [0.2, 0.25) is 0 Å². The molecule has 1 heteroatoms. The fourth-order valence-corrected chi connectivity index (χ4v) is 1.09. The van der Waals surface area contributed by atoms with Crippen molar-refractivity contribution in [3.8, 4) is 0 Å². The summed E-state index contributed by atoms with van der Waals surface area (Å²) in [5.74, 6) is 0. The molecule has 0 saturated heterocycles. The van der Waals surface area contributed by atoms with E-state index in [0.717, 1.165) is 12.8 Å². The SMILES string of the molecule is CC(C)OC1CC=CC1. The Morgan fingerprint density at radius 1 is 1.33 bits per heavy atom. The summed E-state index contributed by atoms with van der Waals surface area (Å²) < 4.78 is 5.55. The molecular weight excluding hydrogens is 112 g/mol. The second kappa shape index (κ2) is 3.02. The van der Waals surface area contributed by atoms with Crippen LogP contribution in [0.15, 0.2) is 12.2 Å². The topological polar surface area (TPSA) is 9.23 Å². The average Bonchev–Trinajstić information content (AvgIpc) is 2.15. The largest absolute Gasteiger partial charge is 0.375 e. The second-order valence-corrected chi connectivity index (χ2v) is 2.75. The summed E-state index contributed by atoms with van der Waals surface area (Å²) in [7, 11) is 0. The van der Waals surface area contributed by atoms with Crippen LogP contribution in [-0.4, -0.2) is 12.2 Å². The highest BCUT2D eigenvalue weighted by Crippen LogP contribution is 2.14. The van der Waals surface area contributed by atoms with Crippen LogP contribution in [0.3, 0.4) is 0 Å². The first kappa shape index (κ1) is 6.81. The van der Waals surface area contributed by atoms with E-state index in [-0.39, 0.29) is 0 Å². The summed E-state index contributed by atoms with van der Waals surface area (Å²) in [4.78, 5) is 0. The van der Waals surface area contributed by atoms with E-state index < -0.39 is 0 Å². The molecule has 0 fully saturated rings. The number of rotatable bonds is 2. The third-order valence-corrected chi connectivity index (χ3v) is 1.43. The van der Waals surface area contributed by atoms with Gasteiger partial charge in [-0.3, -0.25) is 0 Å². The van der Waals surface area contributed by atoms with Crippen molar-refractivity contribution in [2.24, 2.45) is 0 Å². The third-order valence-electron chi connectivity index (χ3n) is 1.43. The van der Waals surface area contributed by atoms with Crippen LogP contribution in [0, 0.1) is 0 Å². The van der Waals surface area contributed by atoms with Gasteiger partial charge in [-0.15, -0.1) is 0 Å². The van der Waals surface area contributed by atoms with E-state index in [0.29, 0.717) is 12.2 Å². The minimum Gasteiger partial charge on any atom is -0.375 e. The van der Waals surface area contributed by atoms with Gasteiger partial charge in [-0.1, -0.05) is 12.2 Å². The molecule has 0 heterocycles. The molecule has 0 aromatic heterocycles. The summed E-state index contributed by atoms with van der Waals surface area (Å²) in [5, 5.41) is 0. The van der Waals surface area contributed by atoms with Gasteiger partial charge in [0.05, 0.1) is 12.2 Å². The Balaban J connectivity index is 2.14. The van der Waals surface area contributed by atoms with E-state index >= 15 is 0 Å². The molecule has 0 bridgehead atoms. The number of hydrogen-bond donors (Lipinski definition) is 0. The minimum atomic E-state index is 0.384. The van der Waals surface area contributed by atoms with Crippen LogP contribution in [0.5, 0.6) is 0 Å². The maximum absolute atomic E-state index is 5.55. The van der Waals surface area contributed by atoms with Crippen molar-refractivity contribution in [2.75, 3.05) is 0 Å². The molecule has 0 atom stereocenters. The molecule has 0 amide bonds. The highest BCUT2D eigenvalue weighted by molar-refractivity contribution is 4.95. The molecule has 1 rings (SSSR count). The van der Waals surface area contributed by atoms with E-state index in [1.54, 1.807) is 0 Å². The monoisotopic (exact) mass is 126 g/mol. The third kappa shape index (κ3) is 2.19. The van der Waals surface area contributed by atoms with E-state index in [1.165, 1.54) is 0 Å². The first-order valence-corrected chi connectivity index (χ1v) is 3.59. The Morgan fingerprint density at radius 2 is 1.89 bits per heavy atom. The zero-order valence-corrected chi connectivity index (χ0v) is 6.13. The normalized spacial score (nSPS) is 19.9. The standard InChI is InChI=1S/C8H14O/c1-7(2)9-8-5-3-4-6-8/h3-4,7-8H,5-6H2,1-2H3. The number of hydrogen-bond acceptors (Lipinski definition) is 1. The van der Waals surface area contributed by atoms with Gasteiger partial charge in [0.15, 0.2) is 0 Å². The van der Waals surface area contributed by atoms with Crippen molar-refractivity contribution in [3.05, 3.63) is 12.2 Å². The van der Waals surface area contributed by atoms with Crippen molar-refractivity contribution in [2.45, 2.75) is 38.9 Å². The van der Waals surface area contributed by atoms with Crippen LogP contribution in [0.1, 0.15) is 26.7 Å². The molecule has 0 aromatic rings. The highest BCUT2D eigenvalue weighted by atomic mass is 16.5. The van der Waals surface area contributed by atoms with E-state index in [9.17, 15) is 0 Å².